The Kier molecular flexibility index (Phi) is 4.90. The highest BCUT2D eigenvalue weighted by atomic mass is 35.5. The van der Waals surface area contributed by atoms with Crippen molar-refractivity contribution in [1.82, 2.24) is 15.3 Å². The van der Waals surface area contributed by atoms with Gasteiger partial charge in [0.2, 0.25) is 5.95 Å². The van der Waals surface area contributed by atoms with Gasteiger partial charge in [-0.15, -0.1) is 0 Å². The van der Waals surface area contributed by atoms with Crippen LogP contribution < -0.4 is 10.6 Å². The normalized spacial score (nSPS) is 10.1. The Morgan fingerprint density at radius 2 is 2.05 bits per heavy atom. The number of anilines is 2. The second kappa shape index (κ2) is 6.86. The molecule has 0 saturated carbocycles. The third-order valence-corrected chi connectivity index (χ3v) is 2.77. The van der Waals surface area contributed by atoms with Crippen LogP contribution in [-0.2, 0) is 0 Å². The lowest BCUT2D eigenvalue weighted by Crippen LogP contribution is -2.24. The van der Waals surface area contributed by atoms with E-state index in [1.807, 2.05) is 19.1 Å². The molecule has 0 fully saturated rings. The van der Waals surface area contributed by atoms with E-state index >= 15 is 0 Å². The molecule has 0 unspecified atom stereocenters. The maximum absolute atomic E-state index is 11.7. The molecule has 0 aliphatic carbocycles. The maximum atomic E-state index is 11.7. The van der Waals surface area contributed by atoms with E-state index in [9.17, 15) is 4.79 Å². The zero-order valence-corrected chi connectivity index (χ0v) is 11.8. The summed E-state index contributed by atoms with van der Waals surface area (Å²) in [4.78, 5) is 19.9. The van der Waals surface area contributed by atoms with Crippen molar-refractivity contribution < 1.29 is 4.79 Å². The highest BCUT2D eigenvalue weighted by Gasteiger charge is 2.06. The summed E-state index contributed by atoms with van der Waals surface area (Å²) in [6.45, 7) is 2.64. The summed E-state index contributed by atoms with van der Waals surface area (Å²) in [5.74, 6) is 0.250. The Balaban J connectivity index is 2.03. The fourth-order valence-electron chi connectivity index (χ4n) is 1.55. The van der Waals surface area contributed by atoms with Gasteiger partial charge in [-0.3, -0.25) is 4.79 Å². The summed E-state index contributed by atoms with van der Waals surface area (Å²) in [6, 6.07) is 7.25. The molecule has 2 N–H and O–H groups in total. The van der Waals surface area contributed by atoms with Gasteiger partial charge in [0.05, 0.1) is 5.56 Å². The Labute approximate surface area is 122 Å². The van der Waals surface area contributed by atoms with Crippen LogP contribution in [0.1, 0.15) is 23.7 Å². The molecule has 0 radical (unpaired) electrons. The molecule has 20 heavy (non-hydrogen) atoms. The van der Waals surface area contributed by atoms with Crippen molar-refractivity contribution in [1.29, 1.82) is 0 Å². The number of hydrogen-bond donors (Lipinski definition) is 2. The summed E-state index contributed by atoms with van der Waals surface area (Å²) in [5, 5.41) is 6.41. The number of aromatic nitrogens is 2. The number of rotatable bonds is 5. The molecule has 0 aliphatic heterocycles. The molecule has 1 aromatic heterocycles. The number of carbonyl (C=O) groups excluding carboxylic acids is 1. The van der Waals surface area contributed by atoms with E-state index in [0.29, 0.717) is 23.1 Å². The first-order valence-corrected chi connectivity index (χ1v) is 6.69. The van der Waals surface area contributed by atoms with Crippen molar-refractivity contribution >= 4 is 29.1 Å². The standard InChI is InChI=1S/C14H15ClN4O/c1-2-6-16-13(20)10-8-17-14(18-9-10)19-12-5-3-4-11(15)7-12/h3-5,7-9H,2,6H2,1H3,(H,16,20)(H,17,18,19). The summed E-state index contributed by atoms with van der Waals surface area (Å²) in [5.41, 5.74) is 1.23. The van der Waals surface area contributed by atoms with Crippen LogP contribution in [0.5, 0.6) is 0 Å². The lowest BCUT2D eigenvalue weighted by Gasteiger charge is -2.06. The first-order chi connectivity index (χ1) is 9.69. The Morgan fingerprint density at radius 3 is 2.70 bits per heavy atom. The van der Waals surface area contributed by atoms with E-state index in [4.69, 9.17) is 11.6 Å². The van der Waals surface area contributed by atoms with Crippen LogP contribution >= 0.6 is 11.6 Å². The van der Waals surface area contributed by atoms with E-state index < -0.39 is 0 Å². The zero-order valence-electron chi connectivity index (χ0n) is 11.1. The minimum absolute atomic E-state index is 0.166. The predicted octanol–water partition coefficient (Wildman–Crippen LogP) is 3.01. The topological polar surface area (TPSA) is 66.9 Å². The molecule has 2 rings (SSSR count). The highest BCUT2D eigenvalue weighted by molar-refractivity contribution is 6.30. The van der Waals surface area contributed by atoms with E-state index in [1.54, 1.807) is 12.1 Å². The Hall–Kier alpha value is -2.14. The fourth-order valence-corrected chi connectivity index (χ4v) is 1.74. The summed E-state index contributed by atoms with van der Waals surface area (Å²) in [6.07, 6.45) is 3.87. The lowest BCUT2D eigenvalue weighted by molar-refractivity contribution is 0.0953. The number of carbonyl (C=O) groups is 1. The van der Waals surface area contributed by atoms with Crippen LogP contribution in [0.15, 0.2) is 36.7 Å². The summed E-state index contributed by atoms with van der Waals surface area (Å²) in [7, 11) is 0. The molecule has 1 aromatic carbocycles. The molecular weight excluding hydrogens is 276 g/mol. The molecule has 0 atom stereocenters. The van der Waals surface area contributed by atoms with Crippen molar-refractivity contribution in [3.05, 3.63) is 47.2 Å². The van der Waals surface area contributed by atoms with Crippen LogP contribution in [0.3, 0.4) is 0 Å². The van der Waals surface area contributed by atoms with Crippen molar-refractivity contribution in [2.45, 2.75) is 13.3 Å². The van der Waals surface area contributed by atoms with Gasteiger partial charge in [0.15, 0.2) is 0 Å². The average molecular weight is 291 g/mol. The van der Waals surface area contributed by atoms with Gasteiger partial charge in [0, 0.05) is 29.6 Å². The second-order valence-corrected chi connectivity index (χ2v) is 4.62. The number of halogens is 1. The molecule has 1 amide bonds. The molecule has 0 spiro atoms. The molecule has 6 heteroatoms. The SMILES string of the molecule is CCCNC(=O)c1cnc(Nc2cccc(Cl)c2)nc1. The van der Waals surface area contributed by atoms with Gasteiger partial charge in [-0.2, -0.15) is 0 Å². The van der Waals surface area contributed by atoms with Gasteiger partial charge in [-0.05, 0) is 24.6 Å². The number of benzene rings is 1. The molecule has 5 nitrogen and oxygen atoms in total. The molecule has 0 saturated heterocycles. The van der Waals surface area contributed by atoms with Crippen molar-refractivity contribution in [2.24, 2.45) is 0 Å². The van der Waals surface area contributed by atoms with E-state index in [0.717, 1.165) is 12.1 Å². The molecule has 104 valence electrons. The lowest BCUT2D eigenvalue weighted by atomic mass is 10.3. The molecule has 1 heterocycles. The quantitative estimate of drug-likeness (QED) is 0.888. The van der Waals surface area contributed by atoms with Gasteiger partial charge < -0.3 is 10.6 Å². The highest BCUT2D eigenvalue weighted by Crippen LogP contribution is 2.17. The smallest absolute Gasteiger partial charge is 0.254 e. The van der Waals surface area contributed by atoms with Gasteiger partial charge >= 0.3 is 0 Å². The third kappa shape index (κ3) is 3.93. The van der Waals surface area contributed by atoms with Crippen LogP contribution in [0.2, 0.25) is 5.02 Å². The third-order valence-electron chi connectivity index (χ3n) is 2.53. The van der Waals surface area contributed by atoms with Crippen molar-refractivity contribution in [3.63, 3.8) is 0 Å². The van der Waals surface area contributed by atoms with Gasteiger partial charge in [-0.1, -0.05) is 24.6 Å². The molecule has 2 aromatic rings. The van der Waals surface area contributed by atoms with Crippen LogP contribution in [0.4, 0.5) is 11.6 Å². The first kappa shape index (κ1) is 14.3. The van der Waals surface area contributed by atoms with Crippen LogP contribution in [0.25, 0.3) is 0 Å². The van der Waals surface area contributed by atoms with Gasteiger partial charge in [-0.25, -0.2) is 9.97 Å². The summed E-state index contributed by atoms with van der Waals surface area (Å²) < 4.78 is 0. The monoisotopic (exact) mass is 290 g/mol. The number of nitrogens with zero attached hydrogens (tertiary/aromatic N) is 2. The number of hydrogen-bond acceptors (Lipinski definition) is 4. The van der Waals surface area contributed by atoms with Crippen LogP contribution in [-0.4, -0.2) is 22.4 Å². The largest absolute Gasteiger partial charge is 0.352 e. The predicted molar refractivity (Wildman–Crippen MR) is 79.4 cm³/mol. The zero-order chi connectivity index (χ0) is 14.4. The van der Waals surface area contributed by atoms with Crippen LogP contribution in [0, 0.1) is 0 Å². The minimum Gasteiger partial charge on any atom is -0.352 e. The first-order valence-electron chi connectivity index (χ1n) is 6.32. The van der Waals surface area contributed by atoms with E-state index in [2.05, 4.69) is 20.6 Å². The fraction of sp³-hybridized carbons (Fsp3) is 0.214. The second-order valence-electron chi connectivity index (χ2n) is 4.19. The van der Waals surface area contributed by atoms with Gasteiger partial charge in [0.25, 0.3) is 5.91 Å². The van der Waals surface area contributed by atoms with Gasteiger partial charge in [0.1, 0.15) is 0 Å². The van der Waals surface area contributed by atoms with E-state index in [1.165, 1.54) is 12.4 Å². The average Bonchev–Trinajstić information content (AvgIpc) is 2.45. The minimum atomic E-state index is -0.166. The molecule has 0 bridgehead atoms. The van der Waals surface area contributed by atoms with E-state index in [-0.39, 0.29) is 5.91 Å². The maximum Gasteiger partial charge on any atom is 0.254 e. The number of amides is 1. The Bertz CT molecular complexity index is 586. The Morgan fingerprint density at radius 1 is 1.30 bits per heavy atom. The van der Waals surface area contributed by atoms with Crippen molar-refractivity contribution in [2.75, 3.05) is 11.9 Å². The number of nitrogens with one attached hydrogen (secondary N) is 2. The van der Waals surface area contributed by atoms with Crippen molar-refractivity contribution in [3.8, 4) is 0 Å². The summed E-state index contributed by atoms with van der Waals surface area (Å²) >= 11 is 5.89. The molecular formula is C14H15ClN4O. The molecule has 0 aliphatic rings.